The lowest BCUT2D eigenvalue weighted by Gasteiger charge is -2.50. The molecule has 2 heterocycles. The van der Waals surface area contributed by atoms with Gasteiger partial charge in [-0.2, -0.15) is 9.91 Å². The Labute approximate surface area is 289 Å². The Morgan fingerprint density at radius 2 is 1.67 bits per heavy atom. The normalized spacial score (nSPS) is 27.8. The van der Waals surface area contributed by atoms with E-state index < -0.39 is 64.7 Å². The molecule has 0 aromatic heterocycles. The average molecular weight is 710 g/mol. The number of fused-ring (bicyclic) bond motifs is 4. The predicted molar refractivity (Wildman–Crippen MR) is 175 cm³/mol. The van der Waals surface area contributed by atoms with Crippen LogP contribution in [0.5, 0.6) is 11.5 Å². The number of nitrogens with zero attached hydrogens (tertiary/aromatic N) is 2. The van der Waals surface area contributed by atoms with Gasteiger partial charge in [0.2, 0.25) is 11.8 Å². The topological polar surface area (TPSA) is 159 Å². The van der Waals surface area contributed by atoms with Gasteiger partial charge in [-0.05, 0) is 72.4 Å². The van der Waals surface area contributed by atoms with Crippen molar-refractivity contribution in [3.63, 3.8) is 0 Å². The molecule has 6 unspecified atom stereocenters. The van der Waals surface area contributed by atoms with E-state index in [1.807, 2.05) is 0 Å². The zero-order chi connectivity index (χ0) is 34.2. The fraction of sp³-hybridized carbons (Fsp3) is 0.265. The minimum Gasteiger partial charge on any atom is -0.508 e. The molecule has 14 heteroatoms. The van der Waals surface area contributed by atoms with Crippen molar-refractivity contribution < 1.29 is 33.8 Å². The molecule has 3 aromatic carbocycles. The van der Waals surface area contributed by atoms with Crippen LogP contribution in [-0.4, -0.2) is 51.8 Å². The smallest absolute Gasteiger partial charge is 0.328 e. The Morgan fingerprint density at radius 1 is 0.938 bits per heavy atom. The minimum absolute atomic E-state index is 0.0199. The highest BCUT2D eigenvalue weighted by Gasteiger charge is 2.70. The summed E-state index contributed by atoms with van der Waals surface area (Å²) in [5, 5.41) is 11.9. The Bertz CT molecular complexity index is 1970. The number of carbonyl (C=O) groups excluding carboxylic acids is 5. The van der Waals surface area contributed by atoms with Crippen LogP contribution in [0.2, 0.25) is 15.1 Å². The second kappa shape index (κ2) is 11.5. The lowest BCUT2D eigenvalue weighted by atomic mass is 9.49. The van der Waals surface area contributed by atoms with Crippen LogP contribution in [0.1, 0.15) is 29.9 Å². The number of anilines is 1. The fourth-order valence-electron chi connectivity index (χ4n) is 8.16. The summed E-state index contributed by atoms with van der Waals surface area (Å²) in [7, 11) is 1.50. The van der Waals surface area contributed by atoms with Crippen LogP contribution in [0.15, 0.2) is 72.3 Å². The molecular formula is C34H27Cl3N4O7. The summed E-state index contributed by atoms with van der Waals surface area (Å²) in [6.45, 7) is 0. The molecule has 4 N–H and O–H groups in total. The van der Waals surface area contributed by atoms with E-state index in [-0.39, 0.29) is 34.3 Å². The van der Waals surface area contributed by atoms with Gasteiger partial charge in [0.15, 0.2) is 0 Å². The first-order chi connectivity index (χ1) is 22.9. The van der Waals surface area contributed by atoms with Crippen LogP contribution in [0.4, 0.5) is 10.5 Å². The van der Waals surface area contributed by atoms with E-state index in [2.05, 4.69) is 5.43 Å². The molecule has 0 spiro atoms. The second-order valence-corrected chi connectivity index (χ2v) is 13.5. The molecule has 3 fully saturated rings. The highest BCUT2D eigenvalue weighted by Crippen LogP contribution is 2.64. The maximum absolute atomic E-state index is 15.2. The molecule has 1 saturated carbocycles. The van der Waals surface area contributed by atoms with Crippen molar-refractivity contribution in [2.75, 3.05) is 12.5 Å². The lowest BCUT2D eigenvalue weighted by Crippen LogP contribution is -2.53. The van der Waals surface area contributed by atoms with Crippen molar-refractivity contribution in [3.8, 4) is 11.5 Å². The number of aromatic hydroxyl groups is 1. The SMILES string of the molecule is COc1ccc(C23C(=O)N(Nc4ccc(Cl)cc4Cl)C(=O)C2CC2C(=CCC4C(=O)N(C(N)=O)C(=O)C42)C3c2ccc(O)cc2Cl)cc1. The molecule has 2 aliphatic heterocycles. The van der Waals surface area contributed by atoms with E-state index in [9.17, 15) is 24.3 Å². The molecule has 11 nitrogen and oxygen atoms in total. The molecule has 246 valence electrons. The highest BCUT2D eigenvalue weighted by molar-refractivity contribution is 6.36. The standard InChI is InChI=1S/C34H27Cl3N4O7/c1-48-18-6-2-15(3-7-18)34-23(30(44)41(32(34)46)39-26-11-4-16(35)12-25(26)37)14-22-19(28(34)20-8-5-17(42)13-24(20)36)9-10-21-27(22)31(45)40(29(21)43)33(38)47/h2-9,11-13,21-23,27-28,39,42H,10,14H2,1H3,(H2,38,47). The average Bonchev–Trinajstić information content (AvgIpc) is 3.43. The van der Waals surface area contributed by atoms with E-state index in [0.717, 1.165) is 5.01 Å². The first-order valence-electron chi connectivity index (χ1n) is 15.0. The summed E-state index contributed by atoms with van der Waals surface area (Å²) in [5.41, 5.74) is 8.47. The summed E-state index contributed by atoms with van der Waals surface area (Å²) in [6.07, 6.45) is 1.87. The van der Waals surface area contributed by atoms with Crippen LogP contribution < -0.4 is 15.9 Å². The number of benzene rings is 3. The number of nitrogens with one attached hydrogen (secondary N) is 1. The molecule has 48 heavy (non-hydrogen) atoms. The third-order valence-electron chi connectivity index (χ3n) is 10.1. The highest BCUT2D eigenvalue weighted by atomic mass is 35.5. The van der Waals surface area contributed by atoms with Gasteiger partial charge in [-0.25, -0.2) is 4.79 Å². The van der Waals surface area contributed by atoms with Gasteiger partial charge in [0.1, 0.15) is 11.5 Å². The Hall–Kier alpha value is -4.58. The number of urea groups is 1. The number of primary amides is 1. The third-order valence-corrected chi connectivity index (χ3v) is 11.0. The van der Waals surface area contributed by atoms with Gasteiger partial charge in [-0.3, -0.25) is 24.6 Å². The van der Waals surface area contributed by atoms with Crippen LogP contribution in [0.3, 0.4) is 0 Å². The Balaban J connectivity index is 1.48. The quantitative estimate of drug-likeness (QED) is 0.234. The van der Waals surface area contributed by atoms with Crippen molar-refractivity contribution in [1.29, 1.82) is 0 Å². The molecular weight excluding hydrogens is 683 g/mol. The molecule has 0 bridgehead atoms. The van der Waals surface area contributed by atoms with E-state index >= 15 is 4.79 Å². The van der Waals surface area contributed by atoms with Crippen LogP contribution in [0.25, 0.3) is 0 Å². The lowest BCUT2D eigenvalue weighted by molar-refractivity contribution is -0.139. The molecule has 7 rings (SSSR count). The van der Waals surface area contributed by atoms with Crippen molar-refractivity contribution >= 4 is 70.2 Å². The number of nitrogens with two attached hydrogens (primary N) is 1. The number of phenols is 1. The molecule has 2 saturated heterocycles. The van der Waals surface area contributed by atoms with E-state index in [0.29, 0.717) is 32.4 Å². The van der Waals surface area contributed by atoms with Gasteiger partial charge in [0, 0.05) is 16.0 Å². The number of carbonyl (C=O) groups is 5. The minimum atomic E-state index is -1.64. The van der Waals surface area contributed by atoms with E-state index in [4.69, 9.17) is 45.3 Å². The number of halogens is 3. The summed E-state index contributed by atoms with van der Waals surface area (Å²) >= 11 is 19.4. The van der Waals surface area contributed by atoms with Gasteiger partial charge in [0.05, 0.1) is 41.0 Å². The number of likely N-dealkylation sites (tertiary alicyclic amines) is 1. The number of rotatable bonds is 5. The van der Waals surface area contributed by atoms with Crippen LogP contribution in [-0.2, 0) is 24.6 Å². The predicted octanol–water partition coefficient (Wildman–Crippen LogP) is 5.42. The second-order valence-electron chi connectivity index (χ2n) is 12.3. The van der Waals surface area contributed by atoms with Gasteiger partial charge >= 0.3 is 6.03 Å². The van der Waals surface area contributed by atoms with Gasteiger partial charge in [-0.1, -0.05) is 64.7 Å². The Kier molecular flexibility index (Phi) is 7.69. The molecule has 6 atom stereocenters. The van der Waals surface area contributed by atoms with Crippen molar-refractivity contribution in [3.05, 3.63) is 98.5 Å². The van der Waals surface area contributed by atoms with Gasteiger partial charge in [-0.15, -0.1) is 0 Å². The maximum atomic E-state index is 15.2. The van der Waals surface area contributed by atoms with Crippen LogP contribution >= 0.6 is 34.8 Å². The van der Waals surface area contributed by atoms with Crippen molar-refractivity contribution in [1.82, 2.24) is 9.91 Å². The summed E-state index contributed by atoms with van der Waals surface area (Å²) < 4.78 is 5.39. The zero-order valence-corrected chi connectivity index (χ0v) is 27.4. The number of imide groups is 4. The first-order valence-corrected chi connectivity index (χ1v) is 16.1. The first kappa shape index (κ1) is 32.0. The number of hydrogen-bond acceptors (Lipinski definition) is 8. The van der Waals surface area contributed by atoms with Gasteiger partial charge in [0.25, 0.3) is 11.8 Å². The number of allylic oxidation sites excluding steroid dienone is 2. The summed E-state index contributed by atoms with van der Waals surface area (Å²) in [6, 6.07) is 14.5. The van der Waals surface area contributed by atoms with Crippen molar-refractivity contribution in [2.45, 2.75) is 24.2 Å². The largest absolute Gasteiger partial charge is 0.508 e. The fourth-order valence-corrected chi connectivity index (χ4v) is 8.89. The summed E-state index contributed by atoms with van der Waals surface area (Å²) in [5.74, 6) is -6.96. The van der Waals surface area contributed by atoms with E-state index in [1.54, 1.807) is 42.5 Å². The number of methoxy groups -OCH3 is 1. The molecule has 6 amide bonds. The number of amides is 6. The number of hydrazine groups is 1. The zero-order valence-electron chi connectivity index (χ0n) is 25.2. The van der Waals surface area contributed by atoms with Crippen LogP contribution in [0, 0.1) is 23.7 Å². The molecule has 4 aliphatic rings. The molecule has 2 aliphatic carbocycles. The maximum Gasteiger partial charge on any atom is 0.328 e. The Morgan fingerprint density at radius 3 is 2.31 bits per heavy atom. The molecule has 3 aromatic rings. The summed E-state index contributed by atoms with van der Waals surface area (Å²) in [4.78, 5) is 69.5. The van der Waals surface area contributed by atoms with Gasteiger partial charge < -0.3 is 15.6 Å². The number of phenolic OH excluding ortho intramolecular Hbond substituents is 1. The monoisotopic (exact) mass is 708 g/mol. The molecule has 0 radical (unpaired) electrons. The number of ether oxygens (including phenoxy) is 1. The van der Waals surface area contributed by atoms with Crippen molar-refractivity contribution in [2.24, 2.45) is 29.4 Å². The van der Waals surface area contributed by atoms with E-state index in [1.165, 1.54) is 31.4 Å². The number of hydrogen-bond donors (Lipinski definition) is 3. The third kappa shape index (κ3) is 4.52.